The minimum Gasteiger partial charge on any atom is -0.496 e. The van der Waals surface area contributed by atoms with Crippen LogP contribution in [-0.2, 0) is 6.42 Å². The van der Waals surface area contributed by atoms with Crippen molar-refractivity contribution < 1.29 is 4.74 Å². The van der Waals surface area contributed by atoms with Crippen LogP contribution in [0.3, 0.4) is 0 Å². The summed E-state index contributed by atoms with van der Waals surface area (Å²) in [6.45, 7) is 10.6. The molecular formula is C16H26BrNO. The van der Waals surface area contributed by atoms with E-state index < -0.39 is 0 Å². The fourth-order valence-electron chi connectivity index (χ4n) is 2.44. The third kappa shape index (κ3) is 3.96. The number of hydrogen-bond donors (Lipinski definition) is 1. The summed E-state index contributed by atoms with van der Waals surface area (Å²) in [6, 6.07) is 0. The summed E-state index contributed by atoms with van der Waals surface area (Å²) < 4.78 is 6.83. The normalized spacial score (nSPS) is 11.8. The van der Waals surface area contributed by atoms with Crippen LogP contribution in [0.15, 0.2) is 4.47 Å². The Balaban J connectivity index is 3.06. The average molecular weight is 328 g/mol. The van der Waals surface area contributed by atoms with Gasteiger partial charge in [0.05, 0.1) is 7.11 Å². The van der Waals surface area contributed by atoms with E-state index in [1.165, 1.54) is 26.7 Å². The first-order chi connectivity index (χ1) is 8.69. The molecular weight excluding hydrogens is 302 g/mol. The topological polar surface area (TPSA) is 35.2 Å². The van der Waals surface area contributed by atoms with Gasteiger partial charge in [0.15, 0.2) is 0 Å². The molecule has 2 N–H and O–H groups in total. The van der Waals surface area contributed by atoms with Gasteiger partial charge in [-0.05, 0) is 76.1 Å². The summed E-state index contributed by atoms with van der Waals surface area (Å²) in [6.07, 6.45) is 3.10. The van der Waals surface area contributed by atoms with E-state index in [1.54, 1.807) is 7.11 Å². The van der Waals surface area contributed by atoms with E-state index in [9.17, 15) is 0 Å². The molecule has 0 spiro atoms. The lowest BCUT2D eigenvalue weighted by Crippen LogP contribution is -2.31. The van der Waals surface area contributed by atoms with Crippen LogP contribution >= 0.6 is 15.9 Å². The van der Waals surface area contributed by atoms with Crippen LogP contribution in [0.4, 0.5) is 0 Å². The quantitative estimate of drug-likeness (QED) is 0.867. The molecule has 1 aromatic rings. The Labute approximate surface area is 125 Å². The van der Waals surface area contributed by atoms with Crippen molar-refractivity contribution in [3.05, 3.63) is 26.7 Å². The summed E-state index contributed by atoms with van der Waals surface area (Å²) in [5.41, 5.74) is 11.0. The zero-order valence-corrected chi connectivity index (χ0v) is 14.6. The molecule has 19 heavy (non-hydrogen) atoms. The van der Waals surface area contributed by atoms with Crippen molar-refractivity contribution in [2.75, 3.05) is 7.11 Å². The highest BCUT2D eigenvalue weighted by atomic mass is 79.9. The predicted molar refractivity (Wildman–Crippen MR) is 86.1 cm³/mol. The summed E-state index contributed by atoms with van der Waals surface area (Å²) in [7, 11) is 1.76. The average Bonchev–Trinajstić information content (AvgIpc) is 2.32. The highest BCUT2D eigenvalue weighted by Crippen LogP contribution is 2.36. The van der Waals surface area contributed by atoms with Gasteiger partial charge in [-0.2, -0.15) is 0 Å². The Kier molecular flexibility index (Phi) is 5.45. The Hall–Kier alpha value is -0.540. The lowest BCUT2D eigenvalue weighted by atomic mass is 9.92. The Morgan fingerprint density at radius 2 is 1.68 bits per heavy atom. The molecule has 0 atom stereocenters. The first kappa shape index (κ1) is 16.5. The fraction of sp³-hybridized carbons (Fsp3) is 0.625. The molecule has 1 rings (SSSR count). The molecule has 0 radical (unpaired) electrons. The van der Waals surface area contributed by atoms with E-state index in [1.807, 2.05) is 0 Å². The maximum absolute atomic E-state index is 6.05. The largest absolute Gasteiger partial charge is 0.496 e. The molecule has 108 valence electrons. The lowest BCUT2D eigenvalue weighted by molar-refractivity contribution is 0.401. The van der Waals surface area contributed by atoms with Crippen molar-refractivity contribution in [3.63, 3.8) is 0 Å². The highest BCUT2D eigenvalue weighted by Gasteiger charge is 2.17. The van der Waals surface area contributed by atoms with E-state index in [2.05, 4.69) is 50.5 Å². The van der Waals surface area contributed by atoms with Gasteiger partial charge >= 0.3 is 0 Å². The molecule has 0 saturated carbocycles. The Morgan fingerprint density at radius 1 is 1.11 bits per heavy atom. The lowest BCUT2D eigenvalue weighted by Gasteiger charge is -2.21. The van der Waals surface area contributed by atoms with Crippen LogP contribution in [0.5, 0.6) is 5.75 Å². The molecule has 0 heterocycles. The van der Waals surface area contributed by atoms with Crippen LogP contribution in [0.25, 0.3) is 0 Å². The number of rotatable bonds is 5. The van der Waals surface area contributed by atoms with E-state index in [0.29, 0.717) is 0 Å². The number of hydrogen-bond acceptors (Lipinski definition) is 2. The Bertz CT molecular complexity index is 461. The number of methoxy groups -OCH3 is 1. The number of halogens is 1. The molecule has 0 unspecified atom stereocenters. The maximum Gasteiger partial charge on any atom is 0.125 e. The SMILES string of the molecule is COc1c(C)c(C)c(Br)c(C)c1CCCC(C)(C)N. The summed E-state index contributed by atoms with van der Waals surface area (Å²) >= 11 is 3.70. The van der Waals surface area contributed by atoms with Gasteiger partial charge < -0.3 is 10.5 Å². The van der Waals surface area contributed by atoms with Crippen molar-refractivity contribution in [2.45, 2.75) is 59.4 Å². The fourth-order valence-corrected chi connectivity index (χ4v) is 2.98. The monoisotopic (exact) mass is 327 g/mol. The molecule has 0 aliphatic rings. The third-order valence-corrected chi connectivity index (χ3v) is 4.93. The molecule has 0 aliphatic carbocycles. The van der Waals surface area contributed by atoms with E-state index >= 15 is 0 Å². The molecule has 1 aromatic carbocycles. The molecule has 0 saturated heterocycles. The second-order valence-electron chi connectivity index (χ2n) is 6.04. The molecule has 0 amide bonds. The van der Waals surface area contributed by atoms with Crippen molar-refractivity contribution in [2.24, 2.45) is 5.73 Å². The van der Waals surface area contributed by atoms with E-state index in [4.69, 9.17) is 10.5 Å². The van der Waals surface area contributed by atoms with Crippen LogP contribution in [0.1, 0.15) is 48.9 Å². The van der Waals surface area contributed by atoms with Crippen LogP contribution < -0.4 is 10.5 Å². The minimum atomic E-state index is -0.0991. The summed E-state index contributed by atoms with van der Waals surface area (Å²) in [5, 5.41) is 0. The summed E-state index contributed by atoms with van der Waals surface area (Å²) in [5.74, 6) is 1.04. The molecule has 0 fully saturated rings. The number of benzene rings is 1. The first-order valence-corrected chi connectivity index (χ1v) is 7.59. The standard InChI is InChI=1S/C16H26BrNO/c1-10-11(2)15(19-6)13(12(3)14(10)17)8-7-9-16(4,5)18/h7-9,18H2,1-6H3. The molecule has 0 aromatic heterocycles. The van der Waals surface area contributed by atoms with Crippen molar-refractivity contribution >= 4 is 15.9 Å². The first-order valence-electron chi connectivity index (χ1n) is 6.80. The zero-order valence-electron chi connectivity index (χ0n) is 13.0. The van der Waals surface area contributed by atoms with E-state index in [-0.39, 0.29) is 5.54 Å². The minimum absolute atomic E-state index is 0.0991. The van der Waals surface area contributed by atoms with Gasteiger partial charge in [0, 0.05) is 10.0 Å². The van der Waals surface area contributed by atoms with Gasteiger partial charge in [-0.3, -0.25) is 0 Å². The second kappa shape index (κ2) is 6.27. The van der Waals surface area contributed by atoms with Gasteiger partial charge in [-0.25, -0.2) is 0 Å². The highest BCUT2D eigenvalue weighted by molar-refractivity contribution is 9.10. The van der Waals surface area contributed by atoms with Crippen LogP contribution in [-0.4, -0.2) is 12.6 Å². The van der Waals surface area contributed by atoms with Crippen molar-refractivity contribution in [1.29, 1.82) is 0 Å². The predicted octanol–water partition coefficient (Wildman–Crippen LogP) is 4.44. The van der Waals surface area contributed by atoms with Gasteiger partial charge in [0.25, 0.3) is 0 Å². The van der Waals surface area contributed by atoms with Crippen LogP contribution in [0, 0.1) is 20.8 Å². The van der Waals surface area contributed by atoms with Gasteiger partial charge in [0.1, 0.15) is 5.75 Å². The number of nitrogens with two attached hydrogens (primary N) is 1. The third-order valence-electron chi connectivity index (χ3n) is 3.74. The van der Waals surface area contributed by atoms with Gasteiger partial charge in [-0.15, -0.1) is 0 Å². The molecule has 2 nitrogen and oxygen atoms in total. The Morgan fingerprint density at radius 3 is 2.16 bits per heavy atom. The van der Waals surface area contributed by atoms with Crippen molar-refractivity contribution in [1.82, 2.24) is 0 Å². The molecule has 3 heteroatoms. The van der Waals surface area contributed by atoms with Gasteiger partial charge in [0.2, 0.25) is 0 Å². The van der Waals surface area contributed by atoms with Gasteiger partial charge in [-0.1, -0.05) is 15.9 Å². The maximum atomic E-state index is 6.05. The second-order valence-corrected chi connectivity index (χ2v) is 6.84. The number of ether oxygens (including phenoxy) is 1. The molecule has 0 aliphatic heterocycles. The van der Waals surface area contributed by atoms with E-state index in [0.717, 1.165) is 25.0 Å². The molecule has 0 bridgehead atoms. The summed E-state index contributed by atoms with van der Waals surface area (Å²) in [4.78, 5) is 0. The zero-order chi connectivity index (χ0) is 14.8. The smallest absolute Gasteiger partial charge is 0.125 e. The van der Waals surface area contributed by atoms with Crippen molar-refractivity contribution in [3.8, 4) is 5.75 Å². The van der Waals surface area contributed by atoms with Crippen LogP contribution in [0.2, 0.25) is 0 Å².